The van der Waals surface area contributed by atoms with Crippen LogP contribution in [0.1, 0.15) is 25.0 Å². The largest absolute Gasteiger partial charge is 0.493 e. The van der Waals surface area contributed by atoms with E-state index in [1.807, 2.05) is 24.3 Å². The Morgan fingerprint density at radius 1 is 1.20 bits per heavy atom. The molecule has 0 N–H and O–H groups in total. The van der Waals surface area contributed by atoms with Crippen LogP contribution in [0, 0.1) is 5.92 Å². The Kier molecular flexibility index (Phi) is 4.77. The van der Waals surface area contributed by atoms with Gasteiger partial charge in [-0.2, -0.15) is 0 Å². The van der Waals surface area contributed by atoms with Crippen LogP contribution in [0.25, 0.3) is 0 Å². The van der Waals surface area contributed by atoms with Gasteiger partial charge in [-0.1, -0.05) is 19.1 Å². The van der Waals surface area contributed by atoms with Crippen LogP contribution >= 0.6 is 0 Å². The van der Waals surface area contributed by atoms with Gasteiger partial charge >= 0.3 is 0 Å². The fraction of sp³-hybridized carbons (Fsp3) is 0.400. The number of fused-ring (bicyclic) bond motifs is 1. The van der Waals surface area contributed by atoms with Gasteiger partial charge in [0.2, 0.25) is 0 Å². The van der Waals surface area contributed by atoms with E-state index in [4.69, 9.17) is 23.7 Å². The Morgan fingerprint density at radius 2 is 1.96 bits per heavy atom. The first-order valence-electron chi connectivity index (χ1n) is 8.23. The molecule has 25 heavy (non-hydrogen) atoms. The molecule has 2 unspecified atom stereocenters. The van der Waals surface area contributed by atoms with Gasteiger partial charge in [-0.05, 0) is 23.8 Å². The molecular formula is C20H24O5. The minimum Gasteiger partial charge on any atom is -0.493 e. The topological polar surface area (TPSA) is 46.2 Å². The maximum absolute atomic E-state index is 6.20. The normalized spacial score (nSPS) is 27.4. The van der Waals surface area contributed by atoms with Gasteiger partial charge in [0.05, 0.1) is 14.2 Å². The third kappa shape index (κ3) is 2.78. The molecule has 1 saturated heterocycles. The predicted octanol–water partition coefficient (Wildman–Crippen LogP) is 4.13. The number of hydrogen-bond acceptors (Lipinski definition) is 5. The summed E-state index contributed by atoms with van der Waals surface area (Å²) >= 11 is 0. The van der Waals surface area contributed by atoms with E-state index in [1.54, 1.807) is 33.7 Å². The van der Waals surface area contributed by atoms with Crippen molar-refractivity contribution in [3.05, 3.63) is 60.3 Å². The zero-order valence-corrected chi connectivity index (χ0v) is 15.1. The van der Waals surface area contributed by atoms with Crippen molar-refractivity contribution in [1.29, 1.82) is 0 Å². The van der Waals surface area contributed by atoms with Gasteiger partial charge in [-0.3, -0.25) is 0 Å². The molecule has 1 aromatic rings. The summed E-state index contributed by atoms with van der Waals surface area (Å²) in [5.41, 5.74) is 0.351. The summed E-state index contributed by atoms with van der Waals surface area (Å²) in [6.45, 7) is 5.88. The number of ether oxygens (including phenoxy) is 5. The fourth-order valence-corrected chi connectivity index (χ4v) is 3.49. The zero-order valence-electron chi connectivity index (χ0n) is 15.1. The molecule has 3 rings (SSSR count). The van der Waals surface area contributed by atoms with Gasteiger partial charge in [0.25, 0.3) is 0 Å². The average molecular weight is 344 g/mol. The van der Waals surface area contributed by atoms with Crippen LogP contribution in [0.4, 0.5) is 0 Å². The lowest BCUT2D eigenvalue weighted by Gasteiger charge is -2.31. The molecule has 5 nitrogen and oxygen atoms in total. The second kappa shape index (κ2) is 6.84. The average Bonchev–Trinajstić information content (AvgIpc) is 2.94. The highest BCUT2D eigenvalue weighted by atomic mass is 16.6. The Labute approximate surface area is 148 Å². The van der Waals surface area contributed by atoms with Crippen molar-refractivity contribution < 1.29 is 23.7 Å². The monoisotopic (exact) mass is 344 g/mol. The highest BCUT2D eigenvalue weighted by Crippen LogP contribution is 2.52. The first kappa shape index (κ1) is 17.4. The van der Waals surface area contributed by atoms with Gasteiger partial charge < -0.3 is 23.7 Å². The lowest BCUT2D eigenvalue weighted by atomic mass is 9.82. The van der Waals surface area contributed by atoms with E-state index < -0.39 is 5.60 Å². The van der Waals surface area contributed by atoms with Crippen LogP contribution < -0.4 is 9.47 Å². The molecule has 0 bridgehead atoms. The molecule has 0 aliphatic carbocycles. The van der Waals surface area contributed by atoms with Crippen molar-refractivity contribution in [3.63, 3.8) is 0 Å². The summed E-state index contributed by atoms with van der Waals surface area (Å²) in [4.78, 5) is 0. The van der Waals surface area contributed by atoms with Gasteiger partial charge in [-0.25, -0.2) is 0 Å². The summed E-state index contributed by atoms with van der Waals surface area (Å²) in [7, 11) is 4.93. The molecule has 1 aromatic carbocycles. The Bertz CT molecular complexity index is 721. The molecule has 2 aliphatic rings. The molecule has 0 amide bonds. The molecular weight excluding hydrogens is 320 g/mol. The first-order chi connectivity index (χ1) is 12.1. The maximum Gasteiger partial charge on any atom is 0.168 e. The molecule has 134 valence electrons. The minimum atomic E-state index is -0.644. The van der Waals surface area contributed by atoms with Crippen LogP contribution in [-0.2, 0) is 14.2 Å². The summed E-state index contributed by atoms with van der Waals surface area (Å²) < 4.78 is 28.5. The second-order valence-electron chi connectivity index (χ2n) is 6.14. The second-order valence-corrected chi connectivity index (χ2v) is 6.14. The smallest absolute Gasteiger partial charge is 0.168 e. The predicted molar refractivity (Wildman–Crippen MR) is 94.3 cm³/mol. The molecule has 0 aromatic heterocycles. The maximum atomic E-state index is 6.20. The molecule has 3 atom stereocenters. The zero-order chi connectivity index (χ0) is 18.0. The van der Waals surface area contributed by atoms with Gasteiger partial charge in [0, 0.05) is 19.4 Å². The van der Waals surface area contributed by atoms with E-state index in [2.05, 4.69) is 13.5 Å². The highest BCUT2D eigenvalue weighted by Gasteiger charge is 2.53. The summed E-state index contributed by atoms with van der Waals surface area (Å²) in [5, 5.41) is 0. The SMILES string of the molecule is C=CCC1=CC2(OC)C(=CO1)OC(c1ccc(OC)c(OC)c1)[C@@H]2C. The van der Waals surface area contributed by atoms with Crippen molar-refractivity contribution in [2.24, 2.45) is 5.92 Å². The van der Waals surface area contributed by atoms with Crippen LogP contribution in [0.2, 0.25) is 0 Å². The number of rotatable bonds is 6. The lowest BCUT2D eigenvalue weighted by Crippen LogP contribution is -2.37. The molecule has 5 heteroatoms. The van der Waals surface area contributed by atoms with E-state index in [9.17, 15) is 0 Å². The van der Waals surface area contributed by atoms with Crippen molar-refractivity contribution in [1.82, 2.24) is 0 Å². The van der Waals surface area contributed by atoms with Gasteiger partial charge in [0.1, 0.15) is 18.1 Å². The lowest BCUT2D eigenvalue weighted by molar-refractivity contribution is 0.0201. The number of methoxy groups -OCH3 is 3. The van der Waals surface area contributed by atoms with Crippen LogP contribution in [0.15, 0.2) is 54.7 Å². The van der Waals surface area contributed by atoms with Crippen LogP contribution in [0.3, 0.4) is 0 Å². The van der Waals surface area contributed by atoms with Crippen molar-refractivity contribution in [2.75, 3.05) is 21.3 Å². The third-order valence-electron chi connectivity index (χ3n) is 4.88. The van der Waals surface area contributed by atoms with E-state index >= 15 is 0 Å². The standard InChI is InChI=1S/C20H24O5/c1-6-7-15-11-20(23-5)13(2)19(25-18(20)12-24-15)14-8-9-16(21-3)17(10-14)22-4/h6,8-13,19H,1,7H2,2-5H3/t13-,19?,20?/m0/s1. The van der Waals surface area contributed by atoms with E-state index in [0.717, 1.165) is 11.3 Å². The summed E-state index contributed by atoms with van der Waals surface area (Å²) in [5.74, 6) is 2.89. The number of benzene rings is 1. The van der Waals surface area contributed by atoms with Crippen molar-refractivity contribution in [3.8, 4) is 11.5 Å². The van der Waals surface area contributed by atoms with E-state index in [-0.39, 0.29) is 12.0 Å². The van der Waals surface area contributed by atoms with Crippen molar-refractivity contribution in [2.45, 2.75) is 25.0 Å². The summed E-state index contributed by atoms with van der Waals surface area (Å²) in [6, 6.07) is 5.81. The van der Waals surface area contributed by atoms with Crippen molar-refractivity contribution >= 4 is 0 Å². The molecule has 1 fully saturated rings. The van der Waals surface area contributed by atoms with Crippen LogP contribution in [0.5, 0.6) is 11.5 Å². The molecule has 0 radical (unpaired) electrons. The Hall–Kier alpha value is -2.40. The molecule has 2 aliphatic heterocycles. The highest BCUT2D eigenvalue weighted by molar-refractivity contribution is 5.45. The minimum absolute atomic E-state index is 0.0468. The quantitative estimate of drug-likeness (QED) is 0.726. The Morgan fingerprint density at radius 3 is 2.60 bits per heavy atom. The number of hydrogen-bond donors (Lipinski definition) is 0. The Balaban J connectivity index is 1.98. The third-order valence-corrected chi connectivity index (χ3v) is 4.88. The van der Waals surface area contributed by atoms with Gasteiger partial charge in [0.15, 0.2) is 22.9 Å². The first-order valence-corrected chi connectivity index (χ1v) is 8.23. The molecule has 2 heterocycles. The summed E-state index contributed by atoms with van der Waals surface area (Å²) in [6.07, 6.45) is 5.90. The fourth-order valence-electron chi connectivity index (χ4n) is 3.49. The van der Waals surface area contributed by atoms with Crippen LogP contribution in [-0.4, -0.2) is 26.9 Å². The van der Waals surface area contributed by atoms with E-state index in [1.165, 1.54) is 0 Å². The molecule has 0 saturated carbocycles. The number of allylic oxidation sites excluding steroid dienone is 1. The van der Waals surface area contributed by atoms with E-state index in [0.29, 0.717) is 23.7 Å². The molecule has 0 spiro atoms. The van der Waals surface area contributed by atoms with Gasteiger partial charge in [-0.15, -0.1) is 6.58 Å².